The lowest BCUT2D eigenvalue weighted by Crippen LogP contribution is -2.29. The highest BCUT2D eigenvalue weighted by Gasteiger charge is 2.56. The van der Waals surface area contributed by atoms with Crippen LogP contribution in [0.4, 0.5) is 19.1 Å². The number of rotatable bonds is 4. The zero-order chi connectivity index (χ0) is 18.6. The largest absolute Gasteiger partial charge is 0.481 e. The Kier molecular flexibility index (Phi) is 3.82. The number of halogens is 3. The van der Waals surface area contributed by atoms with Gasteiger partial charge >= 0.3 is 12.1 Å². The van der Waals surface area contributed by atoms with E-state index < -0.39 is 23.4 Å². The number of aromatic nitrogens is 2. The molecule has 0 amide bonds. The molecule has 1 unspecified atom stereocenters. The summed E-state index contributed by atoms with van der Waals surface area (Å²) in [5.41, 5.74) is -1.41. The van der Waals surface area contributed by atoms with Gasteiger partial charge in [-0.3, -0.25) is 4.79 Å². The Balaban J connectivity index is 1.64. The summed E-state index contributed by atoms with van der Waals surface area (Å²) in [6, 6.07) is 1.66. The summed E-state index contributed by atoms with van der Waals surface area (Å²) in [4.78, 5) is 20.6. The molecule has 0 aromatic carbocycles. The lowest BCUT2D eigenvalue weighted by Gasteiger charge is -2.28. The van der Waals surface area contributed by atoms with Crippen LogP contribution >= 0.6 is 0 Å². The molecule has 6 nitrogen and oxygen atoms in total. The van der Waals surface area contributed by atoms with Crippen molar-refractivity contribution in [2.45, 2.75) is 37.8 Å². The minimum Gasteiger partial charge on any atom is -0.481 e. The first-order valence-corrected chi connectivity index (χ1v) is 8.65. The fourth-order valence-electron chi connectivity index (χ4n) is 4.22. The van der Waals surface area contributed by atoms with E-state index in [0.29, 0.717) is 13.1 Å². The molecule has 4 rings (SSSR count). The first-order valence-electron chi connectivity index (χ1n) is 8.65. The van der Waals surface area contributed by atoms with Crippen molar-refractivity contribution < 1.29 is 23.1 Å². The van der Waals surface area contributed by atoms with Crippen LogP contribution in [-0.2, 0) is 11.0 Å². The second kappa shape index (κ2) is 5.83. The molecule has 1 aliphatic heterocycles. The van der Waals surface area contributed by atoms with Crippen LogP contribution in [-0.4, -0.2) is 34.1 Å². The van der Waals surface area contributed by atoms with Gasteiger partial charge in [-0.15, -0.1) is 0 Å². The lowest BCUT2D eigenvalue weighted by molar-refractivity contribution is -0.141. The standard InChI is InChI=1S/C17H17F3N4O2/c18-17(19,20)15-10(5-21)14(8-2-1-3-8)22-16(23-15)24-6-11-9(4-13(25)26)12(11)7-24/h8-9,11-12H,1-4,6-7H2,(H,25,26)/t9?,11-,12+. The van der Waals surface area contributed by atoms with Crippen molar-refractivity contribution in [3.8, 4) is 6.07 Å². The lowest BCUT2D eigenvalue weighted by atomic mass is 9.81. The van der Waals surface area contributed by atoms with Crippen molar-refractivity contribution >= 4 is 11.9 Å². The highest BCUT2D eigenvalue weighted by Crippen LogP contribution is 2.54. The Labute approximate surface area is 147 Å². The highest BCUT2D eigenvalue weighted by molar-refractivity contribution is 5.68. The second-order valence-corrected chi connectivity index (χ2v) is 7.36. The van der Waals surface area contributed by atoms with E-state index in [1.54, 1.807) is 11.0 Å². The number of hydrogen-bond acceptors (Lipinski definition) is 5. The van der Waals surface area contributed by atoms with Crippen LogP contribution in [0.3, 0.4) is 0 Å². The third kappa shape index (κ3) is 2.77. The van der Waals surface area contributed by atoms with Crippen LogP contribution in [0, 0.1) is 29.1 Å². The van der Waals surface area contributed by atoms with E-state index in [2.05, 4.69) is 9.97 Å². The number of carbonyl (C=O) groups is 1. The molecule has 1 saturated heterocycles. The van der Waals surface area contributed by atoms with Gasteiger partial charge in [0.1, 0.15) is 11.6 Å². The second-order valence-electron chi connectivity index (χ2n) is 7.36. The van der Waals surface area contributed by atoms with E-state index in [4.69, 9.17) is 5.11 Å². The number of alkyl halides is 3. The Hall–Kier alpha value is -2.37. The third-order valence-corrected chi connectivity index (χ3v) is 5.86. The molecule has 26 heavy (non-hydrogen) atoms. The van der Waals surface area contributed by atoms with Gasteiger partial charge in [0.05, 0.1) is 5.69 Å². The highest BCUT2D eigenvalue weighted by atomic mass is 19.4. The number of fused-ring (bicyclic) bond motifs is 1. The predicted octanol–water partition coefficient (Wildman–Crippen LogP) is 2.79. The van der Waals surface area contributed by atoms with Crippen LogP contribution in [0.25, 0.3) is 0 Å². The predicted molar refractivity (Wildman–Crippen MR) is 83.3 cm³/mol. The molecular formula is C17H17F3N4O2. The summed E-state index contributed by atoms with van der Waals surface area (Å²) in [5, 5.41) is 18.1. The molecule has 138 valence electrons. The zero-order valence-electron chi connectivity index (χ0n) is 13.8. The van der Waals surface area contributed by atoms with Crippen molar-refractivity contribution in [2.24, 2.45) is 17.8 Å². The van der Waals surface area contributed by atoms with Gasteiger partial charge in [0.2, 0.25) is 5.95 Å². The quantitative estimate of drug-likeness (QED) is 0.881. The number of hydrogen-bond donors (Lipinski definition) is 1. The average molecular weight is 366 g/mol. The summed E-state index contributed by atoms with van der Waals surface area (Å²) >= 11 is 0. The summed E-state index contributed by atoms with van der Waals surface area (Å²) in [6.45, 7) is 0.936. The molecule has 2 saturated carbocycles. The van der Waals surface area contributed by atoms with Crippen molar-refractivity contribution in [3.05, 3.63) is 17.0 Å². The summed E-state index contributed by atoms with van der Waals surface area (Å²) in [7, 11) is 0. The maximum Gasteiger partial charge on any atom is 0.434 e. The molecule has 3 aliphatic rings. The van der Waals surface area contributed by atoms with Crippen LogP contribution in [0.5, 0.6) is 0 Å². The van der Waals surface area contributed by atoms with Gasteiger partial charge in [-0.05, 0) is 30.6 Å². The van der Waals surface area contributed by atoms with E-state index in [-0.39, 0.29) is 41.7 Å². The maximum absolute atomic E-state index is 13.4. The molecule has 2 heterocycles. The molecule has 0 spiro atoms. The molecule has 3 atom stereocenters. The van der Waals surface area contributed by atoms with Gasteiger partial charge in [-0.1, -0.05) is 6.42 Å². The number of anilines is 1. The SMILES string of the molecule is N#Cc1c(C2CCC2)nc(N2C[C@@H]3C(CC(=O)O)[C@@H]3C2)nc1C(F)(F)F. The molecule has 1 aromatic rings. The third-order valence-electron chi connectivity index (χ3n) is 5.86. The van der Waals surface area contributed by atoms with Gasteiger partial charge in [0.25, 0.3) is 0 Å². The fraction of sp³-hybridized carbons (Fsp3) is 0.647. The van der Waals surface area contributed by atoms with Crippen molar-refractivity contribution in [3.63, 3.8) is 0 Å². The van der Waals surface area contributed by atoms with Crippen molar-refractivity contribution in [1.82, 2.24) is 9.97 Å². The molecule has 0 radical (unpaired) electrons. The van der Waals surface area contributed by atoms with Gasteiger partial charge in [-0.2, -0.15) is 18.4 Å². The number of aliphatic carboxylic acids is 1. The monoisotopic (exact) mass is 366 g/mol. The zero-order valence-corrected chi connectivity index (χ0v) is 13.8. The Morgan fingerprint density at radius 2 is 1.92 bits per heavy atom. The Bertz CT molecular complexity index is 788. The molecule has 0 bridgehead atoms. The van der Waals surface area contributed by atoms with E-state index >= 15 is 0 Å². The van der Waals surface area contributed by atoms with E-state index in [1.165, 1.54) is 0 Å². The number of carboxylic acids is 1. The van der Waals surface area contributed by atoms with Crippen molar-refractivity contribution in [2.75, 3.05) is 18.0 Å². The van der Waals surface area contributed by atoms with E-state index in [1.807, 2.05) is 0 Å². The number of carboxylic acid groups (broad SMARTS) is 1. The number of nitrogens with zero attached hydrogens (tertiary/aromatic N) is 4. The van der Waals surface area contributed by atoms with E-state index in [9.17, 15) is 23.2 Å². The first-order chi connectivity index (χ1) is 12.3. The van der Waals surface area contributed by atoms with Gasteiger partial charge in [0.15, 0.2) is 5.69 Å². The normalized spacial score (nSPS) is 27.6. The van der Waals surface area contributed by atoms with Gasteiger partial charge in [-0.25, -0.2) is 9.97 Å². The van der Waals surface area contributed by atoms with Crippen LogP contribution in [0.1, 0.15) is 48.6 Å². The smallest absolute Gasteiger partial charge is 0.434 e. The molecular weight excluding hydrogens is 349 g/mol. The number of piperidine rings is 1. The summed E-state index contributed by atoms with van der Waals surface area (Å²) < 4.78 is 40.3. The van der Waals surface area contributed by atoms with Gasteiger partial charge in [0, 0.05) is 25.4 Å². The molecule has 3 fully saturated rings. The summed E-state index contributed by atoms with van der Waals surface area (Å²) in [5.74, 6) is -0.518. The fourth-order valence-corrected chi connectivity index (χ4v) is 4.22. The Morgan fingerprint density at radius 1 is 1.27 bits per heavy atom. The molecule has 1 N–H and O–H groups in total. The minimum atomic E-state index is -4.71. The average Bonchev–Trinajstić information content (AvgIpc) is 2.94. The molecule has 9 heteroatoms. The van der Waals surface area contributed by atoms with Gasteiger partial charge < -0.3 is 10.0 Å². The van der Waals surface area contributed by atoms with Crippen LogP contribution in [0.2, 0.25) is 0 Å². The van der Waals surface area contributed by atoms with E-state index in [0.717, 1.165) is 19.3 Å². The minimum absolute atomic E-state index is 0.0134. The van der Waals surface area contributed by atoms with Crippen molar-refractivity contribution in [1.29, 1.82) is 5.26 Å². The molecule has 1 aromatic heterocycles. The first kappa shape index (κ1) is 17.1. The Morgan fingerprint density at radius 3 is 2.38 bits per heavy atom. The molecule has 2 aliphatic carbocycles. The topological polar surface area (TPSA) is 90.1 Å². The maximum atomic E-state index is 13.4. The van der Waals surface area contributed by atoms with Crippen LogP contribution in [0.15, 0.2) is 0 Å². The number of nitriles is 1. The van der Waals surface area contributed by atoms with Crippen LogP contribution < -0.4 is 4.90 Å². The summed E-state index contributed by atoms with van der Waals surface area (Å²) in [6.07, 6.45) is -2.24.